The molecule has 178 valence electrons. The highest BCUT2D eigenvalue weighted by molar-refractivity contribution is 5.97. The molecule has 4 aromatic rings. The zero-order valence-corrected chi connectivity index (χ0v) is 18.6. The zero-order chi connectivity index (χ0) is 24.5. The van der Waals surface area contributed by atoms with Crippen LogP contribution in [-0.4, -0.2) is 32.8 Å². The number of carbonyl (C=O) groups excluding carboxylic acids is 1. The number of carbonyl (C=O) groups is 1. The number of primary amides is 1. The van der Waals surface area contributed by atoms with E-state index in [-0.39, 0.29) is 27.8 Å². The smallest absolute Gasteiger partial charge is 0.496 e. The van der Waals surface area contributed by atoms with E-state index >= 15 is 0 Å². The van der Waals surface area contributed by atoms with Crippen LogP contribution in [0.5, 0.6) is 5.75 Å². The van der Waals surface area contributed by atoms with Gasteiger partial charge in [0.1, 0.15) is 12.1 Å². The summed E-state index contributed by atoms with van der Waals surface area (Å²) in [5, 5.41) is 4.21. The average molecular weight is 479 g/mol. The van der Waals surface area contributed by atoms with Crippen LogP contribution in [0.1, 0.15) is 24.3 Å². The van der Waals surface area contributed by atoms with Crippen LogP contribution in [0.15, 0.2) is 55.0 Å². The summed E-state index contributed by atoms with van der Waals surface area (Å²) in [5.41, 5.74) is 7.21. The van der Waals surface area contributed by atoms with Gasteiger partial charge in [-0.2, -0.15) is 9.78 Å². The van der Waals surface area contributed by atoms with Crippen molar-refractivity contribution in [3.8, 4) is 28.3 Å². The molecule has 2 heterocycles. The van der Waals surface area contributed by atoms with Crippen LogP contribution >= 0.6 is 0 Å². The number of hydrogen-bond acceptors (Lipinski definition) is 5. The van der Waals surface area contributed by atoms with Crippen LogP contribution in [0.25, 0.3) is 33.4 Å². The predicted octanol–water partition coefficient (Wildman–Crippen LogP) is 4.62. The van der Waals surface area contributed by atoms with Gasteiger partial charge in [-0.25, -0.2) is 9.97 Å². The summed E-state index contributed by atoms with van der Waals surface area (Å²) < 4.78 is 47.3. The van der Waals surface area contributed by atoms with E-state index in [1.54, 1.807) is 36.4 Å². The Morgan fingerprint density at radius 1 is 1.17 bits per heavy atom. The number of rotatable bonds is 5. The van der Waals surface area contributed by atoms with E-state index < -0.39 is 11.7 Å². The highest BCUT2D eigenvalue weighted by atomic mass is 19.4. The molecular weight excluding hydrogens is 459 g/mol. The minimum atomic E-state index is -4.72. The lowest BCUT2D eigenvalue weighted by Gasteiger charge is -2.66. The number of alkyl halides is 3. The number of aromatic nitrogens is 4. The monoisotopic (exact) mass is 479 g/mol. The third kappa shape index (κ3) is 2.98. The molecule has 0 spiro atoms. The summed E-state index contributed by atoms with van der Waals surface area (Å²) in [5.74, 6) is 0.444. The Hall–Kier alpha value is -3.95. The quantitative estimate of drug-likeness (QED) is 0.451. The summed E-state index contributed by atoms with van der Waals surface area (Å²) in [6.45, 7) is 0. The summed E-state index contributed by atoms with van der Waals surface area (Å²) in [4.78, 5) is 20.9. The molecule has 1 atom stereocenters. The molecule has 1 amide bonds. The molecule has 1 unspecified atom stereocenters. The second kappa shape index (κ2) is 7.27. The van der Waals surface area contributed by atoms with E-state index in [1.165, 1.54) is 19.6 Å². The third-order valence-electron chi connectivity index (χ3n) is 7.44. The summed E-state index contributed by atoms with van der Waals surface area (Å²) >= 11 is 0. The van der Waals surface area contributed by atoms with Crippen LogP contribution in [0, 0.1) is 11.3 Å². The zero-order valence-electron chi connectivity index (χ0n) is 18.6. The molecule has 35 heavy (non-hydrogen) atoms. The number of fused-ring (bicyclic) bond motifs is 1. The molecule has 2 aromatic carbocycles. The number of amides is 1. The number of benzene rings is 2. The maximum Gasteiger partial charge on any atom is 0.505 e. The molecule has 3 saturated carbocycles. The Balaban J connectivity index is 1.58. The molecule has 0 saturated heterocycles. The summed E-state index contributed by atoms with van der Waals surface area (Å²) in [7, 11) is 1.54. The Bertz CT molecular complexity index is 1480. The first-order valence-corrected chi connectivity index (χ1v) is 11.1. The fraction of sp³-hybridized carbons (Fsp3) is 0.280. The SMILES string of the molecule is COc1cc2ncnc(-c3cnn(C(F)(F)F)c3-c3ccccc3)c2cc1C1C2CC1(C(N)=O)C2. The van der Waals surface area contributed by atoms with Crippen molar-refractivity contribution >= 4 is 16.8 Å². The van der Waals surface area contributed by atoms with E-state index in [4.69, 9.17) is 10.5 Å². The van der Waals surface area contributed by atoms with Crippen LogP contribution in [-0.2, 0) is 11.1 Å². The molecule has 3 fully saturated rings. The van der Waals surface area contributed by atoms with Crippen LogP contribution in [0.4, 0.5) is 13.2 Å². The molecular formula is C25H20F3N5O2. The lowest BCUT2D eigenvalue weighted by Crippen LogP contribution is -2.65. The van der Waals surface area contributed by atoms with Crippen molar-refractivity contribution in [1.29, 1.82) is 0 Å². The second-order valence-corrected chi connectivity index (χ2v) is 9.15. The lowest BCUT2D eigenvalue weighted by molar-refractivity contribution is -0.210. The molecule has 7 rings (SSSR count). The van der Waals surface area contributed by atoms with Gasteiger partial charge in [-0.1, -0.05) is 30.3 Å². The molecule has 0 aliphatic heterocycles. The Morgan fingerprint density at radius 3 is 2.51 bits per heavy atom. The second-order valence-electron chi connectivity index (χ2n) is 9.15. The molecule has 7 nitrogen and oxygen atoms in total. The predicted molar refractivity (Wildman–Crippen MR) is 121 cm³/mol. The highest BCUT2D eigenvalue weighted by Crippen LogP contribution is 2.73. The Labute approximate surface area is 197 Å². The third-order valence-corrected chi connectivity index (χ3v) is 7.44. The van der Waals surface area contributed by atoms with Crippen LogP contribution in [0.3, 0.4) is 0 Å². The van der Waals surface area contributed by atoms with Crippen molar-refractivity contribution in [2.45, 2.75) is 25.1 Å². The molecule has 2 N–H and O–H groups in total. The van der Waals surface area contributed by atoms with E-state index in [2.05, 4.69) is 15.1 Å². The van der Waals surface area contributed by atoms with Crippen molar-refractivity contribution in [2.24, 2.45) is 17.1 Å². The fourth-order valence-corrected chi connectivity index (χ4v) is 5.72. The molecule has 3 aliphatic carbocycles. The van der Waals surface area contributed by atoms with Gasteiger partial charge in [-0.05, 0) is 30.4 Å². The topological polar surface area (TPSA) is 95.9 Å². The van der Waals surface area contributed by atoms with Gasteiger partial charge in [-0.15, -0.1) is 13.2 Å². The molecule has 0 radical (unpaired) electrons. The standard InChI is InChI=1S/C25H20F3N5O2/c1-35-19-8-18-15(7-16(19)20-14-9-24(20,10-14)23(29)34)21(31-12-30-18)17-11-32-33(25(26,27)28)22(17)13-5-3-2-4-6-13/h2-8,11-12,14,20H,9-10H2,1H3,(H2,29,34). The molecule has 3 aliphatic rings. The van der Waals surface area contributed by atoms with Crippen molar-refractivity contribution in [3.05, 3.63) is 60.6 Å². The van der Waals surface area contributed by atoms with Gasteiger partial charge in [0.15, 0.2) is 0 Å². The first kappa shape index (κ1) is 21.6. The maximum atomic E-state index is 13.9. The Morgan fingerprint density at radius 2 is 1.91 bits per heavy atom. The number of nitrogens with zero attached hydrogens (tertiary/aromatic N) is 4. The fourth-order valence-electron chi connectivity index (χ4n) is 5.72. The van der Waals surface area contributed by atoms with E-state index in [9.17, 15) is 18.0 Å². The number of halogens is 3. The van der Waals surface area contributed by atoms with E-state index in [0.29, 0.717) is 33.8 Å². The van der Waals surface area contributed by atoms with Crippen molar-refractivity contribution in [3.63, 3.8) is 0 Å². The van der Waals surface area contributed by atoms with Gasteiger partial charge in [0, 0.05) is 28.5 Å². The average Bonchev–Trinajstić information content (AvgIpc) is 3.22. The lowest BCUT2D eigenvalue weighted by atomic mass is 9.36. The first-order chi connectivity index (χ1) is 16.7. The van der Waals surface area contributed by atoms with Crippen molar-refractivity contribution < 1.29 is 22.7 Å². The molecule has 2 bridgehead atoms. The normalized spacial score (nSPS) is 23.0. The Kier molecular flexibility index (Phi) is 4.48. The van der Waals surface area contributed by atoms with Gasteiger partial charge in [-0.3, -0.25) is 4.79 Å². The van der Waals surface area contributed by atoms with Crippen LogP contribution < -0.4 is 10.5 Å². The van der Waals surface area contributed by atoms with E-state index in [1.807, 2.05) is 6.07 Å². The molecule has 2 aromatic heterocycles. The number of ether oxygens (including phenoxy) is 1. The largest absolute Gasteiger partial charge is 0.505 e. The number of hydrogen-bond donors (Lipinski definition) is 1. The number of nitrogens with two attached hydrogens (primary N) is 1. The van der Waals surface area contributed by atoms with Crippen molar-refractivity contribution in [2.75, 3.05) is 7.11 Å². The van der Waals surface area contributed by atoms with Gasteiger partial charge < -0.3 is 10.5 Å². The first-order valence-electron chi connectivity index (χ1n) is 11.1. The van der Waals surface area contributed by atoms with Gasteiger partial charge >= 0.3 is 6.30 Å². The van der Waals surface area contributed by atoms with Crippen molar-refractivity contribution in [1.82, 2.24) is 19.7 Å². The number of methoxy groups -OCH3 is 1. The maximum absolute atomic E-state index is 13.9. The van der Waals surface area contributed by atoms with Crippen LogP contribution in [0.2, 0.25) is 0 Å². The van der Waals surface area contributed by atoms with Gasteiger partial charge in [0.25, 0.3) is 0 Å². The highest BCUT2D eigenvalue weighted by Gasteiger charge is 2.69. The summed E-state index contributed by atoms with van der Waals surface area (Å²) in [6, 6.07) is 11.8. The summed E-state index contributed by atoms with van der Waals surface area (Å²) in [6.07, 6.45) is -0.761. The van der Waals surface area contributed by atoms with Gasteiger partial charge in [0.2, 0.25) is 5.91 Å². The van der Waals surface area contributed by atoms with E-state index in [0.717, 1.165) is 18.4 Å². The minimum absolute atomic E-state index is 0.0548. The van der Waals surface area contributed by atoms with Gasteiger partial charge in [0.05, 0.1) is 35.6 Å². The molecule has 10 heteroatoms. The minimum Gasteiger partial charge on any atom is -0.496 e.